The molecule has 124 valence electrons. The van der Waals surface area contributed by atoms with Crippen LogP contribution >= 0.6 is 0 Å². The van der Waals surface area contributed by atoms with Crippen molar-refractivity contribution in [3.8, 4) is 0 Å². The molecule has 0 aromatic heterocycles. The van der Waals surface area contributed by atoms with E-state index in [9.17, 15) is 4.79 Å². The molecule has 0 bridgehead atoms. The third kappa shape index (κ3) is 6.53. The molecule has 2 aromatic carbocycles. The van der Waals surface area contributed by atoms with Gasteiger partial charge in [-0.05, 0) is 36.1 Å². The van der Waals surface area contributed by atoms with Crippen LogP contribution in [-0.4, -0.2) is 18.2 Å². The van der Waals surface area contributed by atoms with Crippen molar-refractivity contribution in [2.45, 2.75) is 33.2 Å². The summed E-state index contributed by atoms with van der Waals surface area (Å²) in [7, 11) is 1.00. The lowest BCUT2D eigenvalue weighted by Gasteiger charge is -2.10. The smallest absolute Gasteiger partial charge is 0.319 e. The summed E-state index contributed by atoms with van der Waals surface area (Å²) in [5, 5.41) is 12.7. The molecule has 0 spiro atoms. The zero-order chi connectivity index (χ0) is 17.2. The highest BCUT2D eigenvalue weighted by atomic mass is 16.2. The van der Waals surface area contributed by atoms with Crippen molar-refractivity contribution >= 4 is 11.7 Å². The number of hydrogen-bond donors (Lipinski definition) is 3. The van der Waals surface area contributed by atoms with Gasteiger partial charge >= 0.3 is 6.03 Å². The Morgan fingerprint density at radius 3 is 2.09 bits per heavy atom. The van der Waals surface area contributed by atoms with E-state index in [1.165, 1.54) is 11.1 Å². The Morgan fingerprint density at radius 2 is 1.57 bits per heavy atom. The maximum atomic E-state index is 11.8. The van der Waals surface area contributed by atoms with Gasteiger partial charge in [0.15, 0.2) is 0 Å². The zero-order valence-corrected chi connectivity index (χ0v) is 14.3. The summed E-state index contributed by atoms with van der Waals surface area (Å²) in [5.74, 6) is 0.495. The van der Waals surface area contributed by atoms with Gasteiger partial charge in [-0.2, -0.15) is 0 Å². The fraction of sp³-hybridized carbons (Fsp3) is 0.316. The van der Waals surface area contributed by atoms with Gasteiger partial charge in [0.05, 0.1) is 0 Å². The molecule has 2 amide bonds. The SMILES string of the molecule is CO.Cc1ccc(CNC(=O)Nc2ccc(C(C)C)cc2)cc1. The van der Waals surface area contributed by atoms with Crippen LogP contribution in [-0.2, 0) is 6.54 Å². The molecule has 0 aliphatic rings. The zero-order valence-electron chi connectivity index (χ0n) is 14.3. The lowest BCUT2D eigenvalue weighted by atomic mass is 10.0. The molecule has 23 heavy (non-hydrogen) atoms. The third-order valence-corrected chi connectivity index (χ3v) is 3.41. The number of nitrogens with one attached hydrogen (secondary N) is 2. The van der Waals surface area contributed by atoms with E-state index >= 15 is 0 Å². The first-order chi connectivity index (χ1) is 11.0. The maximum Gasteiger partial charge on any atom is 0.319 e. The summed E-state index contributed by atoms with van der Waals surface area (Å²) < 4.78 is 0. The van der Waals surface area contributed by atoms with Crippen LogP contribution in [0, 0.1) is 6.92 Å². The number of carbonyl (C=O) groups excluding carboxylic acids is 1. The van der Waals surface area contributed by atoms with Gasteiger partial charge in [0, 0.05) is 19.3 Å². The van der Waals surface area contributed by atoms with Crippen LogP contribution in [0.3, 0.4) is 0 Å². The summed E-state index contributed by atoms with van der Waals surface area (Å²) in [6.07, 6.45) is 0. The Balaban J connectivity index is 0.00000127. The van der Waals surface area contributed by atoms with Gasteiger partial charge in [0.2, 0.25) is 0 Å². The van der Waals surface area contributed by atoms with Gasteiger partial charge in [-0.3, -0.25) is 0 Å². The number of rotatable bonds is 4. The Bertz CT molecular complexity index is 590. The summed E-state index contributed by atoms with van der Waals surface area (Å²) >= 11 is 0. The molecule has 4 nitrogen and oxygen atoms in total. The molecule has 2 aromatic rings. The molecule has 0 unspecified atom stereocenters. The van der Waals surface area contributed by atoms with Gasteiger partial charge < -0.3 is 15.7 Å². The Labute approximate surface area is 138 Å². The fourth-order valence-electron chi connectivity index (χ4n) is 2.01. The van der Waals surface area contributed by atoms with Crippen molar-refractivity contribution in [3.63, 3.8) is 0 Å². The van der Waals surface area contributed by atoms with E-state index < -0.39 is 0 Å². The van der Waals surface area contributed by atoms with Crippen LogP contribution in [0.4, 0.5) is 10.5 Å². The van der Waals surface area contributed by atoms with E-state index in [1.807, 2.05) is 55.5 Å². The molecular formula is C19H26N2O2. The predicted octanol–water partition coefficient (Wildman–Crippen LogP) is 4.05. The van der Waals surface area contributed by atoms with Crippen LogP contribution in [0.1, 0.15) is 36.5 Å². The highest BCUT2D eigenvalue weighted by Crippen LogP contribution is 2.17. The number of anilines is 1. The fourth-order valence-corrected chi connectivity index (χ4v) is 2.01. The highest BCUT2D eigenvalue weighted by molar-refractivity contribution is 5.89. The molecule has 4 heteroatoms. The monoisotopic (exact) mass is 314 g/mol. The second kappa shape index (κ2) is 9.64. The van der Waals surface area contributed by atoms with Gasteiger partial charge in [0.1, 0.15) is 0 Å². The molecule has 0 fully saturated rings. The largest absolute Gasteiger partial charge is 0.400 e. The van der Waals surface area contributed by atoms with E-state index in [0.717, 1.165) is 18.4 Å². The number of amides is 2. The van der Waals surface area contributed by atoms with Crippen LogP contribution in [0.2, 0.25) is 0 Å². The van der Waals surface area contributed by atoms with E-state index in [1.54, 1.807) is 0 Å². The predicted molar refractivity (Wildman–Crippen MR) is 95.7 cm³/mol. The third-order valence-electron chi connectivity index (χ3n) is 3.41. The van der Waals surface area contributed by atoms with E-state index in [2.05, 4.69) is 24.5 Å². The number of aliphatic hydroxyl groups excluding tert-OH is 1. The van der Waals surface area contributed by atoms with Gasteiger partial charge in [-0.15, -0.1) is 0 Å². The molecule has 0 saturated carbocycles. The first-order valence-corrected chi connectivity index (χ1v) is 7.69. The van der Waals surface area contributed by atoms with Crippen LogP contribution < -0.4 is 10.6 Å². The van der Waals surface area contributed by atoms with Crippen molar-refractivity contribution in [2.24, 2.45) is 0 Å². The Kier molecular flexibility index (Phi) is 7.84. The molecular weight excluding hydrogens is 288 g/mol. The lowest BCUT2D eigenvalue weighted by Crippen LogP contribution is -2.28. The van der Waals surface area contributed by atoms with Crippen molar-refractivity contribution in [1.82, 2.24) is 5.32 Å². The first-order valence-electron chi connectivity index (χ1n) is 7.69. The standard InChI is InChI=1S/C18H22N2O.CH4O/c1-13(2)16-8-10-17(11-9-16)20-18(21)19-12-15-6-4-14(3)5-7-15;1-2/h4-11,13H,12H2,1-3H3,(H2,19,20,21);2H,1H3. The van der Waals surface area contributed by atoms with E-state index in [0.29, 0.717) is 12.5 Å². The quantitative estimate of drug-likeness (QED) is 0.797. The minimum absolute atomic E-state index is 0.187. The van der Waals surface area contributed by atoms with Crippen LogP contribution in [0.15, 0.2) is 48.5 Å². The normalized spacial score (nSPS) is 9.83. The number of urea groups is 1. The number of hydrogen-bond acceptors (Lipinski definition) is 2. The molecule has 0 aliphatic heterocycles. The number of carbonyl (C=O) groups is 1. The molecule has 0 saturated heterocycles. The van der Waals surface area contributed by atoms with Crippen LogP contribution in [0.25, 0.3) is 0 Å². The molecule has 0 atom stereocenters. The van der Waals surface area contributed by atoms with Crippen molar-refractivity contribution in [1.29, 1.82) is 0 Å². The average molecular weight is 314 g/mol. The van der Waals surface area contributed by atoms with Crippen LogP contribution in [0.5, 0.6) is 0 Å². The number of aryl methyl sites for hydroxylation is 1. The molecule has 0 aliphatic carbocycles. The van der Waals surface area contributed by atoms with Gasteiger partial charge in [0.25, 0.3) is 0 Å². The minimum Gasteiger partial charge on any atom is -0.400 e. The van der Waals surface area contributed by atoms with E-state index in [4.69, 9.17) is 5.11 Å². The van der Waals surface area contributed by atoms with Crippen molar-refractivity contribution in [2.75, 3.05) is 12.4 Å². The maximum absolute atomic E-state index is 11.8. The van der Waals surface area contributed by atoms with Gasteiger partial charge in [-0.1, -0.05) is 55.8 Å². The minimum atomic E-state index is -0.187. The lowest BCUT2D eigenvalue weighted by molar-refractivity contribution is 0.251. The summed E-state index contributed by atoms with van der Waals surface area (Å²) in [6.45, 7) is 6.87. The Hall–Kier alpha value is -2.33. The number of benzene rings is 2. The first kappa shape index (κ1) is 18.7. The molecule has 3 N–H and O–H groups in total. The molecule has 0 radical (unpaired) electrons. The second-order valence-electron chi connectivity index (χ2n) is 5.57. The summed E-state index contributed by atoms with van der Waals surface area (Å²) in [5.41, 5.74) is 4.38. The Morgan fingerprint density at radius 1 is 1.00 bits per heavy atom. The molecule has 2 rings (SSSR count). The molecule has 0 heterocycles. The average Bonchev–Trinajstić information content (AvgIpc) is 2.57. The number of aliphatic hydroxyl groups is 1. The van der Waals surface area contributed by atoms with Crippen molar-refractivity contribution < 1.29 is 9.90 Å². The van der Waals surface area contributed by atoms with Gasteiger partial charge in [-0.25, -0.2) is 4.79 Å². The van der Waals surface area contributed by atoms with E-state index in [-0.39, 0.29) is 6.03 Å². The summed E-state index contributed by atoms with van der Waals surface area (Å²) in [4.78, 5) is 11.8. The second-order valence-corrected chi connectivity index (χ2v) is 5.57. The highest BCUT2D eigenvalue weighted by Gasteiger charge is 2.03. The van der Waals surface area contributed by atoms with Crippen molar-refractivity contribution in [3.05, 3.63) is 65.2 Å². The summed E-state index contributed by atoms with van der Waals surface area (Å²) in [6, 6.07) is 15.9. The topological polar surface area (TPSA) is 61.4 Å².